The van der Waals surface area contributed by atoms with Crippen molar-refractivity contribution in [3.05, 3.63) is 29.8 Å². The van der Waals surface area contributed by atoms with Crippen LogP contribution in [0.25, 0.3) is 0 Å². The smallest absolute Gasteiger partial charge is 0.260 e. The Balaban J connectivity index is 1.19. The molecule has 3 aliphatic heterocycles. The Bertz CT molecular complexity index is 806. The van der Waals surface area contributed by atoms with Crippen LogP contribution in [0.15, 0.2) is 24.3 Å². The van der Waals surface area contributed by atoms with Gasteiger partial charge in [0.25, 0.3) is 5.91 Å². The summed E-state index contributed by atoms with van der Waals surface area (Å²) in [5.74, 6) is 0.796. The summed E-state index contributed by atoms with van der Waals surface area (Å²) in [6.45, 7) is 10.1. The first-order chi connectivity index (χ1) is 15.9. The van der Waals surface area contributed by atoms with E-state index in [2.05, 4.69) is 9.80 Å². The summed E-state index contributed by atoms with van der Waals surface area (Å²) in [5, 5.41) is 11.1. The Morgan fingerprint density at radius 3 is 2.33 bits per heavy atom. The van der Waals surface area contributed by atoms with E-state index in [1.807, 2.05) is 29.2 Å². The summed E-state index contributed by atoms with van der Waals surface area (Å²) in [4.78, 5) is 31.9. The Morgan fingerprint density at radius 1 is 0.970 bits per heavy atom. The molecule has 4 rings (SSSR count). The molecular weight excluding hydrogens is 424 g/mol. The normalized spacial score (nSPS) is 24.8. The first kappa shape index (κ1) is 23.9. The topological polar surface area (TPSA) is 85.8 Å². The number of carbonyl (C=O) groups is 2. The van der Waals surface area contributed by atoms with Gasteiger partial charge in [-0.2, -0.15) is 0 Å². The molecule has 0 bridgehead atoms. The van der Waals surface area contributed by atoms with E-state index in [0.717, 1.165) is 51.3 Å². The van der Waals surface area contributed by atoms with Gasteiger partial charge < -0.3 is 24.4 Å². The summed E-state index contributed by atoms with van der Waals surface area (Å²) in [5.41, 5.74) is 0.447. The van der Waals surface area contributed by atoms with Crippen LogP contribution in [0, 0.1) is 0 Å². The number of benzene rings is 1. The van der Waals surface area contributed by atoms with Gasteiger partial charge in [-0.1, -0.05) is 12.1 Å². The van der Waals surface area contributed by atoms with E-state index in [1.54, 1.807) is 11.8 Å². The first-order valence-corrected chi connectivity index (χ1v) is 11.9. The molecule has 2 amide bonds. The molecule has 33 heavy (non-hydrogen) atoms. The molecule has 3 saturated heterocycles. The molecule has 1 aromatic rings. The van der Waals surface area contributed by atoms with Gasteiger partial charge in [0.15, 0.2) is 6.61 Å². The predicted molar refractivity (Wildman–Crippen MR) is 123 cm³/mol. The maximum atomic E-state index is 12.2. The van der Waals surface area contributed by atoms with Crippen LogP contribution in [0.5, 0.6) is 5.75 Å². The van der Waals surface area contributed by atoms with Crippen molar-refractivity contribution in [3.8, 4) is 5.75 Å². The highest BCUT2D eigenvalue weighted by atomic mass is 16.5. The van der Waals surface area contributed by atoms with Crippen LogP contribution < -0.4 is 4.74 Å². The lowest BCUT2D eigenvalue weighted by atomic mass is 10.0. The maximum Gasteiger partial charge on any atom is 0.260 e. The number of amides is 2. The number of aliphatic hydroxyl groups is 1. The van der Waals surface area contributed by atoms with Crippen LogP contribution in [0.3, 0.4) is 0 Å². The second kappa shape index (κ2) is 10.8. The van der Waals surface area contributed by atoms with Crippen molar-refractivity contribution < 1.29 is 24.2 Å². The molecule has 1 atom stereocenters. The number of nitrogens with zero attached hydrogens (tertiary/aromatic N) is 4. The number of β-amino-alcohol motifs (C(OH)–C–C–N with tert-alkyl or cyclic N) is 1. The Kier molecular flexibility index (Phi) is 7.85. The third kappa shape index (κ3) is 6.66. The summed E-state index contributed by atoms with van der Waals surface area (Å²) >= 11 is 0. The highest BCUT2D eigenvalue weighted by Gasteiger charge is 2.38. The van der Waals surface area contributed by atoms with Crippen molar-refractivity contribution in [3.63, 3.8) is 0 Å². The van der Waals surface area contributed by atoms with E-state index in [0.29, 0.717) is 45.1 Å². The summed E-state index contributed by atoms with van der Waals surface area (Å²) in [6.07, 6.45) is 0.755. The highest BCUT2D eigenvalue weighted by Crippen LogP contribution is 2.25. The van der Waals surface area contributed by atoms with Crippen LogP contribution in [0.4, 0.5) is 0 Å². The Labute approximate surface area is 195 Å². The Hall–Kier alpha value is -2.20. The summed E-state index contributed by atoms with van der Waals surface area (Å²) in [6, 6.07) is 7.84. The third-order valence-electron chi connectivity index (χ3n) is 6.80. The van der Waals surface area contributed by atoms with Crippen molar-refractivity contribution in [2.45, 2.75) is 25.5 Å². The fourth-order valence-electron chi connectivity index (χ4n) is 4.84. The zero-order chi connectivity index (χ0) is 23.3. The van der Waals surface area contributed by atoms with Gasteiger partial charge in [-0.25, -0.2) is 0 Å². The number of likely N-dealkylation sites (tertiary alicyclic amines) is 1. The molecule has 9 heteroatoms. The van der Waals surface area contributed by atoms with E-state index in [1.165, 1.54) is 0 Å². The first-order valence-electron chi connectivity index (χ1n) is 11.9. The molecule has 182 valence electrons. The molecule has 0 spiro atoms. The molecule has 3 aliphatic rings. The number of carbonyl (C=O) groups excluding carboxylic acids is 2. The minimum atomic E-state index is -0.707. The van der Waals surface area contributed by atoms with E-state index in [4.69, 9.17) is 9.47 Å². The van der Waals surface area contributed by atoms with Gasteiger partial charge in [0, 0.05) is 72.4 Å². The van der Waals surface area contributed by atoms with Gasteiger partial charge in [0.05, 0.1) is 18.8 Å². The fraction of sp³-hybridized carbons (Fsp3) is 0.667. The maximum absolute atomic E-state index is 12.2. The molecule has 9 nitrogen and oxygen atoms in total. The second-order valence-electron chi connectivity index (χ2n) is 9.39. The number of piperazine rings is 1. The predicted octanol–water partition coefficient (Wildman–Crippen LogP) is 0.0251. The number of hydrogen-bond acceptors (Lipinski definition) is 7. The number of rotatable bonds is 7. The molecule has 1 N–H and O–H groups in total. The molecular formula is C24H36N4O5. The molecule has 0 saturated carbocycles. The largest absolute Gasteiger partial charge is 0.484 e. The van der Waals surface area contributed by atoms with Crippen LogP contribution in [-0.4, -0.2) is 121 Å². The minimum Gasteiger partial charge on any atom is -0.484 e. The zero-order valence-corrected chi connectivity index (χ0v) is 19.6. The lowest BCUT2D eigenvalue weighted by Gasteiger charge is -2.38. The summed E-state index contributed by atoms with van der Waals surface area (Å²) in [7, 11) is 0. The third-order valence-corrected chi connectivity index (χ3v) is 6.80. The standard InChI is InChI=1S/C24H36N4O5/c1-20(29)27-10-8-25(9-11-27)18-24(31)6-7-26(19-24)16-21-2-4-22(5-3-21)33-17-23(30)28-12-14-32-15-13-28/h2-5,31H,6-19H2,1H3/t24-/m0/s1. The molecule has 0 aliphatic carbocycles. The van der Waals surface area contributed by atoms with E-state index >= 15 is 0 Å². The van der Waals surface area contributed by atoms with Crippen molar-refractivity contribution in [2.24, 2.45) is 0 Å². The molecule has 3 heterocycles. The summed E-state index contributed by atoms with van der Waals surface area (Å²) < 4.78 is 10.9. The van der Waals surface area contributed by atoms with Crippen molar-refractivity contribution in [1.29, 1.82) is 0 Å². The molecule has 0 radical (unpaired) electrons. The zero-order valence-electron chi connectivity index (χ0n) is 19.6. The van der Waals surface area contributed by atoms with Gasteiger partial charge in [-0.15, -0.1) is 0 Å². The quantitative estimate of drug-likeness (QED) is 0.614. The van der Waals surface area contributed by atoms with E-state index in [-0.39, 0.29) is 18.4 Å². The molecule has 0 unspecified atom stereocenters. The SMILES string of the molecule is CC(=O)N1CCN(C[C@@]2(O)CCN(Cc3ccc(OCC(=O)N4CCOCC4)cc3)C2)CC1. The fourth-order valence-corrected chi connectivity index (χ4v) is 4.84. The van der Waals surface area contributed by atoms with Gasteiger partial charge in [-0.05, 0) is 24.1 Å². The van der Waals surface area contributed by atoms with Crippen molar-refractivity contribution in [2.75, 3.05) is 78.7 Å². The van der Waals surface area contributed by atoms with Gasteiger partial charge in [0.2, 0.25) is 5.91 Å². The van der Waals surface area contributed by atoms with Crippen LogP contribution in [-0.2, 0) is 20.9 Å². The lowest BCUT2D eigenvalue weighted by Crippen LogP contribution is -2.53. The average molecular weight is 461 g/mol. The minimum absolute atomic E-state index is 0.0126. The van der Waals surface area contributed by atoms with E-state index < -0.39 is 5.60 Å². The molecule has 3 fully saturated rings. The van der Waals surface area contributed by atoms with Gasteiger partial charge in [-0.3, -0.25) is 19.4 Å². The second-order valence-corrected chi connectivity index (χ2v) is 9.39. The Morgan fingerprint density at radius 2 is 1.67 bits per heavy atom. The monoisotopic (exact) mass is 460 g/mol. The molecule has 1 aromatic carbocycles. The van der Waals surface area contributed by atoms with Crippen LogP contribution in [0.2, 0.25) is 0 Å². The van der Waals surface area contributed by atoms with Crippen molar-refractivity contribution in [1.82, 2.24) is 19.6 Å². The number of morpholine rings is 1. The number of ether oxygens (including phenoxy) is 2. The van der Waals surface area contributed by atoms with Crippen LogP contribution >= 0.6 is 0 Å². The van der Waals surface area contributed by atoms with E-state index in [9.17, 15) is 14.7 Å². The average Bonchev–Trinajstić information content (AvgIpc) is 3.19. The molecule has 0 aromatic heterocycles. The van der Waals surface area contributed by atoms with Gasteiger partial charge in [0.1, 0.15) is 5.75 Å². The van der Waals surface area contributed by atoms with Crippen LogP contribution in [0.1, 0.15) is 18.9 Å². The highest BCUT2D eigenvalue weighted by molar-refractivity contribution is 5.77. The lowest BCUT2D eigenvalue weighted by molar-refractivity contribution is -0.137. The van der Waals surface area contributed by atoms with Crippen molar-refractivity contribution >= 4 is 11.8 Å². The van der Waals surface area contributed by atoms with Gasteiger partial charge >= 0.3 is 0 Å². The number of hydrogen-bond donors (Lipinski definition) is 1.